The number of hydrogen-bond acceptors (Lipinski definition) is 6. The van der Waals surface area contributed by atoms with Gasteiger partial charge in [-0.3, -0.25) is 20.2 Å². The number of aromatic amines is 1. The summed E-state index contributed by atoms with van der Waals surface area (Å²) in [6, 6.07) is 4.62. The van der Waals surface area contributed by atoms with Crippen molar-refractivity contribution < 1.29 is 36.2 Å². The van der Waals surface area contributed by atoms with Crippen LogP contribution in [-0.2, 0) is 12.4 Å². The normalized spacial score (nSPS) is 11.6. The molecule has 0 atom stereocenters. The van der Waals surface area contributed by atoms with Gasteiger partial charge in [0.2, 0.25) is 0 Å². The van der Waals surface area contributed by atoms with Crippen LogP contribution in [0.25, 0.3) is 17.0 Å². The zero-order valence-corrected chi connectivity index (χ0v) is 17.9. The van der Waals surface area contributed by atoms with E-state index in [9.17, 15) is 46.6 Å². The summed E-state index contributed by atoms with van der Waals surface area (Å²) in [7, 11) is 3.14. The minimum atomic E-state index is -4.99. The molecular weight excluding hydrogens is 500 g/mol. The fraction of sp³-hybridized carbons (Fsp3) is 0.238. The third-order valence-electron chi connectivity index (χ3n) is 4.42. The van der Waals surface area contributed by atoms with Crippen molar-refractivity contribution in [1.82, 2.24) is 9.88 Å². The van der Waals surface area contributed by atoms with Crippen LogP contribution in [0.2, 0.25) is 0 Å². The molecule has 0 saturated carbocycles. The highest BCUT2D eigenvalue weighted by Gasteiger charge is 2.40. The Morgan fingerprint density at radius 1 is 0.917 bits per heavy atom. The van der Waals surface area contributed by atoms with E-state index in [1.165, 1.54) is 17.2 Å². The highest BCUT2D eigenvalue weighted by Crippen LogP contribution is 2.40. The number of alkyl halides is 6. The van der Waals surface area contributed by atoms with Crippen LogP contribution in [0.1, 0.15) is 24.1 Å². The fourth-order valence-electron chi connectivity index (χ4n) is 2.86. The molecule has 0 aliphatic heterocycles. The first kappa shape index (κ1) is 29.7. The number of rotatable bonds is 4. The Morgan fingerprint density at radius 2 is 1.47 bits per heavy atom. The van der Waals surface area contributed by atoms with Gasteiger partial charge in [0.15, 0.2) is 0 Å². The summed E-state index contributed by atoms with van der Waals surface area (Å²) in [4.78, 5) is 23.5. The van der Waals surface area contributed by atoms with E-state index in [1.807, 2.05) is 0 Å². The molecule has 196 valence electrons. The van der Waals surface area contributed by atoms with Gasteiger partial charge in [-0.05, 0) is 36.5 Å². The molecule has 0 fully saturated rings. The van der Waals surface area contributed by atoms with Crippen molar-refractivity contribution in [3.63, 3.8) is 0 Å². The van der Waals surface area contributed by atoms with Crippen molar-refractivity contribution in [2.45, 2.75) is 19.8 Å². The van der Waals surface area contributed by atoms with E-state index >= 15 is 0 Å². The van der Waals surface area contributed by atoms with E-state index in [0.717, 1.165) is 12.1 Å². The third kappa shape index (κ3) is 7.10. The van der Waals surface area contributed by atoms with E-state index in [-0.39, 0.29) is 18.7 Å². The van der Waals surface area contributed by atoms with Gasteiger partial charge in [0, 0.05) is 36.9 Å². The van der Waals surface area contributed by atoms with Gasteiger partial charge in [0.1, 0.15) is 5.56 Å². The monoisotopic (exact) mass is 521 g/mol. The van der Waals surface area contributed by atoms with Crippen LogP contribution >= 0.6 is 0 Å². The zero-order valence-electron chi connectivity index (χ0n) is 17.9. The van der Waals surface area contributed by atoms with Crippen LogP contribution in [0.5, 0.6) is 0 Å². The molecule has 0 bridgehead atoms. The van der Waals surface area contributed by atoms with E-state index < -0.39 is 44.7 Å². The Balaban J connectivity index is 0.000000375. The molecule has 2 aromatic carbocycles. The maximum absolute atomic E-state index is 12.8. The molecule has 0 unspecified atom stereocenters. The Morgan fingerprint density at radius 3 is 1.94 bits per heavy atom. The van der Waals surface area contributed by atoms with Gasteiger partial charge in [-0.15, -0.1) is 0 Å². The zero-order chi connectivity index (χ0) is 26.7. The lowest BCUT2D eigenvalue weighted by Gasteiger charge is -2.09. The standard InChI is InChI=1S/C11H10F3N3O4.C9H7F3N2.CH4/c1-15(2)4-3-7-5-8(11(12,13)14)10(17(20)21)6-9(7)16(18)19;10-9(11,12)6-3-5-1-2-14-8(5)4-7(6)13;/h3-6H,1-2H3;1-4,14H,13H2;1H4/b4-3+;;. The van der Waals surface area contributed by atoms with E-state index in [2.05, 4.69) is 4.98 Å². The van der Waals surface area contributed by atoms with E-state index in [1.54, 1.807) is 26.4 Å². The molecule has 9 nitrogen and oxygen atoms in total. The summed E-state index contributed by atoms with van der Waals surface area (Å²) >= 11 is 0. The van der Waals surface area contributed by atoms with Gasteiger partial charge in [-0.2, -0.15) is 26.3 Å². The summed E-state index contributed by atoms with van der Waals surface area (Å²) in [5.41, 5.74) is 0.833. The number of nitro benzene ring substituents is 2. The Hall–Kier alpha value is -4.30. The van der Waals surface area contributed by atoms with Crippen molar-refractivity contribution >= 4 is 34.0 Å². The number of anilines is 1. The third-order valence-corrected chi connectivity index (χ3v) is 4.42. The van der Waals surface area contributed by atoms with Crippen molar-refractivity contribution in [3.8, 4) is 0 Å². The molecule has 36 heavy (non-hydrogen) atoms. The molecule has 3 rings (SSSR count). The molecular formula is C21H21F6N5O4. The van der Waals surface area contributed by atoms with Gasteiger partial charge in [-0.25, -0.2) is 0 Å². The molecule has 3 N–H and O–H groups in total. The van der Waals surface area contributed by atoms with Crippen molar-refractivity contribution in [1.29, 1.82) is 0 Å². The second kappa shape index (κ2) is 11.0. The lowest BCUT2D eigenvalue weighted by Crippen LogP contribution is -2.10. The molecule has 3 aromatic rings. The smallest absolute Gasteiger partial charge is 0.398 e. The highest BCUT2D eigenvalue weighted by molar-refractivity contribution is 5.84. The number of H-pyrrole nitrogens is 1. The molecule has 0 saturated heterocycles. The Labute approximate surface area is 200 Å². The van der Waals surface area contributed by atoms with Gasteiger partial charge in [0.05, 0.1) is 27.0 Å². The van der Waals surface area contributed by atoms with Crippen LogP contribution in [0, 0.1) is 20.2 Å². The number of nitrogen functional groups attached to an aromatic ring is 1. The number of nitrogens with zero attached hydrogens (tertiary/aromatic N) is 3. The molecule has 1 heterocycles. The minimum absolute atomic E-state index is 0. The first-order valence-electron chi connectivity index (χ1n) is 9.34. The minimum Gasteiger partial charge on any atom is -0.398 e. The molecule has 1 aromatic heterocycles. The summed E-state index contributed by atoms with van der Waals surface area (Å²) in [6.45, 7) is 0. The van der Waals surface area contributed by atoms with Crippen molar-refractivity contribution in [2.24, 2.45) is 0 Å². The number of nitro groups is 2. The van der Waals surface area contributed by atoms with Crippen LogP contribution in [0.3, 0.4) is 0 Å². The first-order valence-corrected chi connectivity index (χ1v) is 9.34. The van der Waals surface area contributed by atoms with Gasteiger partial charge >= 0.3 is 12.4 Å². The maximum atomic E-state index is 12.8. The topological polar surface area (TPSA) is 131 Å². The quantitative estimate of drug-likeness (QED) is 0.175. The second-order valence-electron chi connectivity index (χ2n) is 7.22. The molecule has 0 aliphatic carbocycles. The number of halogens is 6. The van der Waals surface area contributed by atoms with Gasteiger partial charge < -0.3 is 15.6 Å². The van der Waals surface area contributed by atoms with Gasteiger partial charge in [0.25, 0.3) is 11.4 Å². The molecule has 0 spiro atoms. The molecule has 0 amide bonds. The summed E-state index contributed by atoms with van der Waals surface area (Å²) < 4.78 is 75.6. The number of hydrogen-bond donors (Lipinski definition) is 2. The van der Waals surface area contributed by atoms with E-state index in [0.29, 0.717) is 23.0 Å². The lowest BCUT2D eigenvalue weighted by atomic mass is 10.1. The number of benzene rings is 2. The summed E-state index contributed by atoms with van der Waals surface area (Å²) in [6.07, 6.45) is -5.43. The fourth-order valence-corrected chi connectivity index (χ4v) is 2.86. The molecule has 0 aliphatic rings. The number of aromatic nitrogens is 1. The van der Waals surface area contributed by atoms with E-state index in [4.69, 9.17) is 5.73 Å². The van der Waals surface area contributed by atoms with Crippen LogP contribution in [0.15, 0.2) is 42.7 Å². The second-order valence-corrected chi connectivity index (χ2v) is 7.22. The lowest BCUT2D eigenvalue weighted by molar-refractivity contribution is -0.396. The van der Waals surface area contributed by atoms with Crippen molar-refractivity contribution in [3.05, 3.63) is 79.6 Å². The predicted octanol–water partition coefficient (Wildman–Crippen LogP) is 6.46. The molecule has 0 radical (unpaired) electrons. The SMILES string of the molecule is C.CN(C)/C=C/c1cc(C(F)(F)F)c([N+](=O)[O-])cc1[N+](=O)[O-].Nc1cc2[nH]ccc2cc1C(F)(F)F. The Bertz CT molecular complexity index is 1280. The number of fused-ring (bicyclic) bond motifs is 1. The highest BCUT2D eigenvalue weighted by atomic mass is 19.4. The summed E-state index contributed by atoms with van der Waals surface area (Å²) in [5.74, 6) is 0. The van der Waals surface area contributed by atoms with Crippen LogP contribution in [0.4, 0.5) is 43.4 Å². The van der Waals surface area contributed by atoms with Crippen LogP contribution in [-0.4, -0.2) is 33.8 Å². The summed E-state index contributed by atoms with van der Waals surface area (Å²) in [5, 5.41) is 22.0. The number of nitrogens with two attached hydrogens (primary N) is 1. The number of nitrogens with one attached hydrogen (secondary N) is 1. The van der Waals surface area contributed by atoms with Gasteiger partial charge in [-0.1, -0.05) is 7.43 Å². The van der Waals surface area contributed by atoms with Crippen molar-refractivity contribution in [2.75, 3.05) is 19.8 Å². The largest absolute Gasteiger partial charge is 0.423 e. The predicted molar refractivity (Wildman–Crippen MR) is 122 cm³/mol. The molecule has 15 heteroatoms. The van der Waals surface area contributed by atoms with Crippen LogP contribution < -0.4 is 5.73 Å². The average molecular weight is 521 g/mol. The average Bonchev–Trinajstić information content (AvgIpc) is 3.17. The first-order chi connectivity index (χ1) is 16.0. The Kier molecular flexibility index (Phi) is 9.05. The maximum Gasteiger partial charge on any atom is 0.423 e.